The van der Waals surface area contributed by atoms with Crippen molar-refractivity contribution >= 4 is 11.5 Å². The quantitative estimate of drug-likeness (QED) is 0.696. The van der Waals surface area contributed by atoms with Crippen LogP contribution in [-0.4, -0.2) is 17.3 Å². The molecule has 0 radical (unpaired) electrons. The summed E-state index contributed by atoms with van der Waals surface area (Å²) in [5, 5.41) is 0. The number of ketones is 1. The molecule has 1 aromatic rings. The SMILES string of the molecule is CC(C)(CN)C(=O)c1cnccc1N. The van der Waals surface area contributed by atoms with Gasteiger partial charge in [0.2, 0.25) is 0 Å². The van der Waals surface area contributed by atoms with Gasteiger partial charge in [-0.1, -0.05) is 13.8 Å². The lowest BCUT2D eigenvalue weighted by Crippen LogP contribution is -2.33. The summed E-state index contributed by atoms with van der Waals surface area (Å²) >= 11 is 0. The molecule has 1 aromatic heterocycles. The summed E-state index contributed by atoms with van der Waals surface area (Å²) in [5.41, 5.74) is 11.5. The van der Waals surface area contributed by atoms with Crippen LogP contribution >= 0.6 is 0 Å². The maximum Gasteiger partial charge on any atom is 0.173 e. The summed E-state index contributed by atoms with van der Waals surface area (Å²) in [4.78, 5) is 15.8. The van der Waals surface area contributed by atoms with Gasteiger partial charge in [0.05, 0.1) is 5.56 Å². The highest BCUT2D eigenvalue weighted by atomic mass is 16.1. The molecule has 0 saturated heterocycles. The summed E-state index contributed by atoms with van der Waals surface area (Å²) in [7, 11) is 0. The van der Waals surface area contributed by atoms with E-state index >= 15 is 0 Å². The van der Waals surface area contributed by atoms with E-state index in [1.165, 1.54) is 6.20 Å². The highest BCUT2D eigenvalue weighted by Gasteiger charge is 2.28. The van der Waals surface area contributed by atoms with E-state index in [4.69, 9.17) is 11.5 Å². The van der Waals surface area contributed by atoms with Crippen molar-refractivity contribution in [3.63, 3.8) is 0 Å². The van der Waals surface area contributed by atoms with Gasteiger partial charge in [0.1, 0.15) is 0 Å². The highest BCUT2D eigenvalue weighted by Crippen LogP contribution is 2.23. The van der Waals surface area contributed by atoms with Crippen LogP contribution in [0.1, 0.15) is 24.2 Å². The molecule has 4 heteroatoms. The van der Waals surface area contributed by atoms with E-state index in [-0.39, 0.29) is 5.78 Å². The van der Waals surface area contributed by atoms with Crippen molar-refractivity contribution in [3.05, 3.63) is 24.0 Å². The van der Waals surface area contributed by atoms with Crippen molar-refractivity contribution in [1.29, 1.82) is 0 Å². The van der Waals surface area contributed by atoms with Gasteiger partial charge in [-0.2, -0.15) is 0 Å². The summed E-state index contributed by atoms with van der Waals surface area (Å²) in [5.74, 6) is -0.0643. The van der Waals surface area contributed by atoms with Crippen LogP contribution in [0.5, 0.6) is 0 Å². The lowest BCUT2D eigenvalue weighted by atomic mass is 9.84. The van der Waals surface area contributed by atoms with Gasteiger partial charge in [0, 0.05) is 30.0 Å². The molecule has 0 amide bonds. The van der Waals surface area contributed by atoms with E-state index in [9.17, 15) is 4.79 Å². The second kappa shape index (κ2) is 3.75. The molecule has 0 spiro atoms. The molecule has 0 unspecified atom stereocenters. The number of anilines is 1. The zero-order valence-electron chi connectivity index (χ0n) is 8.45. The number of hydrogen-bond acceptors (Lipinski definition) is 4. The maximum absolute atomic E-state index is 11.9. The van der Waals surface area contributed by atoms with Gasteiger partial charge in [-0.25, -0.2) is 0 Å². The third kappa shape index (κ3) is 1.90. The van der Waals surface area contributed by atoms with E-state index in [1.807, 2.05) is 0 Å². The predicted octanol–water partition coefficient (Wildman–Crippen LogP) is 0.831. The Morgan fingerprint density at radius 1 is 1.57 bits per heavy atom. The first-order valence-electron chi connectivity index (χ1n) is 4.43. The van der Waals surface area contributed by atoms with Crippen LogP contribution in [-0.2, 0) is 0 Å². The van der Waals surface area contributed by atoms with Crippen molar-refractivity contribution in [2.75, 3.05) is 12.3 Å². The Balaban J connectivity index is 3.07. The van der Waals surface area contributed by atoms with E-state index in [0.29, 0.717) is 17.8 Å². The van der Waals surface area contributed by atoms with Crippen LogP contribution in [0.25, 0.3) is 0 Å². The van der Waals surface area contributed by atoms with Crippen LogP contribution in [0.4, 0.5) is 5.69 Å². The van der Waals surface area contributed by atoms with E-state index < -0.39 is 5.41 Å². The van der Waals surface area contributed by atoms with Crippen molar-refractivity contribution in [2.45, 2.75) is 13.8 Å². The van der Waals surface area contributed by atoms with Crippen molar-refractivity contribution in [3.8, 4) is 0 Å². The number of nitrogen functional groups attached to an aromatic ring is 1. The molecule has 0 fully saturated rings. The molecule has 0 aliphatic heterocycles. The van der Waals surface area contributed by atoms with Crippen LogP contribution in [0, 0.1) is 5.41 Å². The fourth-order valence-electron chi connectivity index (χ4n) is 1.05. The van der Waals surface area contributed by atoms with Crippen molar-refractivity contribution in [1.82, 2.24) is 4.98 Å². The normalized spacial score (nSPS) is 11.4. The minimum absolute atomic E-state index is 0.0643. The van der Waals surface area contributed by atoms with Gasteiger partial charge >= 0.3 is 0 Å². The number of hydrogen-bond donors (Lipinski definition) is 2. The fourth-order valence-corrected chi connectivity index (χ4v) is 1.05. The molecular weight excluding hydrogens is 178 g/mol. The molecule has 14 heavy (non-hydrogen) atoms. The first-order chi connectivity index (χ1) is 6.49. The summed E-state index contributed by atoms with van der Waals surface area (Å²) < 4.78 is 0. The number of carbonyl (C=O) groups is 1. The third-order valence-corrected chi connectivity index (χ3v) is 2.22. The van der Waals surface area contributed by atoms with E-state index in [0.717, 1.165) is 0 Å². The molecule has 0 aliphatic rings. The standard InChI is InChI=1S/C10H15N3O/c1-10(2,6-11)9(14)7-5-13-4-3-8(7)12/h3-5H,6,11H2,1-2H3,(H2,12,13). The molecule has 4 nitrogen and oxygen atoms in total. The lowest BCUT2D eigenvalue weighted by Gasteiger charge is -2.20. The van der Waals surface area contributed by atoms with Crippen LogP contribution in [0.15, 0.2) is 18.5 Å². The Morgan fingerprint density at radius 3 is 2.71 bits per heavy atom. The van der Waals surface area contributed by atoms with Gasteiger partial charge in [-0.15, -0.1) is 0 Å². The van der Waals surface area contributed by atoms with Gasteiger partial charge in [0.25, 0.3) is 0 Å². The minimum Gasteiger partial charge on any atom is -0.398 e. The Hall–Kier alpha value is -1.42. The summed E-state index contributed by atoms with van der Waals surface area (Å²) in [6.45, 7) is 3.88. The largest absolute Gasteiger partial charge is 0.398 e. The number of carbonyl (C=O) groups excluding carboxylic acids is 1. The topological polar surface area (TPSA) is 82.0 Å². The number of Topliss-reactive ketones (excluding diaryl/α,β-unsaturated/α-hetero) is 1. The maximum atomic E-state index is 11.9. The van der Waals surface area contributed by atoms with Gasteiger partial charge in [-0.05, 0) is 6.07 Å². The molecule has 1 heterocycles. The zero-order chi connectivity index (χ0) is 10.8. The van der Waals surface area contributed by atoms with E-state index in [2.05, 4.69) is 4.98 Å². The van der Waals surface area contributed by atoms with Crippen LogP contribution < -0.4 is 11.5 Å². The van der Waals surface area contributed by atoms with E-state index in [1.54, 1.807) is 26.1 Å². The van der Waals surface area contributed by atoms with Crippen LogP contribution in [0.3, 0.4) is 0 Å². The fraction of sp³-hybridized carbons (Fsp3) is 0.400. The number of nitrogens with two attached hydrogens (primary N) is 2. The molecule has 1 rings (SSSR count). The summed E-state index contributed by atoms with van der Waals surface area (Å²) in [6.07, 6.45) is 3.04. The smallest absolute Gasteiger partial charge is 0.173 e. The number of rotatable bonds is 3. The monoisotopic (exact) mass is 193 g/mol. The number of pyridine rings is 1. The average molecular weight is 193 g/mol. The minimum atomic E-state index is -0.586. The Morgan fingerprint density at radius 2 is 2.21 bits per heavy atom. The Bertz CT molecular complexity index is 347. The predicted molar refractivity (Wildman–Crippen MR) is 55.8 cm³/mol. The van der Waals surface area contributed by atoms with Gasteiger partial charge in [0.15, 0.2) is 5.78 Å². The second-order valence-electron chi connectivity index (χ2n) is 3.88. The molecule has 0 aliphatic carbocycles. The van der Waals surface area contributed by atoms with Crippen LogP contribution in [0.2, 0.25) is 0 Å². The molecule has 0 atom stereocenters. The third-order valence-electron chi connectivity index (χ3n) is 2.22. The van der Waals surface area contributed by atoms with Gasteiger partial charge in [-0.3, -0.25) is 9.78 Å². The Kier molecular flexibility index (Phi) is 2.86. The lowest BCUT2D eigenvalue weighted by molar-refractivity contribution is 0.0848. The number of nitrogens with zero attached hydrogens (tertiary/aromatic N) is 1. The molecule has 0 saturated carbocycles. The second-order valence-corrected chi connectivity index (χ2v) is 3.88. The van der Waals surface area contributed by atoms with Crippen molar-refractivity contribution < 1.29 is 4.79 Å². The first kappa shape index (κ1) is 10.7. The van der Waals surface area contributed by atoms with Gasteiger partial charge < -0.3 is 11.5 Å². The molecule has 0 aromatic carbocycles. The molecule has 0 bridgehead atoms. The molecular formula is C10H15N3O. The first-order valence-corrected chi connectivity index (χ1v) is 4.43. The Labute approximate surface area is 83.3 Å². The molecule has 4 N–H and O–H groups in total. The zero-order valence-corrected chi connectivity index (χ0v) is 8.45. The average Bonchev–Trinajstić information content (AvgIpc) is 2.17. The highest BCUT2D eigenvalue weighted by molar-refractivity contribution is 6.03. The molecule has 76 valence electrons. The summed E-state index contributed by atoms with van der Waals surface area (Å²) in [6, 6.07) is 1.61. The van der Waals surface area contributed by atoms with Crippen molar-refractivity contribution in [2.24, 2.45) is 11.1 Å². The number of aromatic nitrogens is 1.